The molecule has 1 aliphatic heterocycles. The third-order valence-electron chi connectivity index (χ3n) is 3.10. The number of hydrogen-bond donors (Lipinski definition) is 2. The van der Waals surface area contributed by atoms with Crippen molar-refractivity contribution in [3.8, 4) is 0 Å². The first kappa shape index (κ1) is 13.7. The first-order chi connectivity index (χ1) is 8.96. The van der Waals surface area contributed by atoms with E-state index in [0.29, 0.717) is 12.5 Å². The minimum atomic E-state index is -0.439. The molecule has 0 spiro atoms. The second kappa shape index (κ2) is 5.51. The summed E-state index contributed by atoms with van der Waals surface area (Å²) in [4.78, 5) is 11.5. The summed E-state index contributed by atoms with van der Waals surface area (Å²) in [6, 6.07) is 8.33. The number of hydrogen-bond acceptors (Lipinski definition) is 3. The molecule has 1 aromatic rings. The van der Waals surface area contributed by atoms with Gasteiger partial charge in [-0.15, -0.1) is 0 Å². The molecule has 0 fully saturated rings. The van der Waals surface area contributed by atoms with E-state index in [1.165, 1.54) is 11.3 Å². The van der Waals surface area contributed by atoms with Crippen LogP contribution in [0.5, 0.6) is 0 Å². The van der Waals surface area contributed by atoms with Crippen LogP contribution in [0.4, 0.5) is 10.5 Å². The molecule has 4 nitrogen and oxygen atoms in total. The van der Waals surface area contributed by atoms with Gasteiger partial charge in [0.05, 0.1) is 0 Å². The minimum Gasteiger partial charge on any atom is -0.444 e. The van der Waals surface area contributed by atoms with Gasteiger partial charge in [0.25, 0.3) is 0 Å². The number of carbonyl (C=O) groups excluding carboxylic acids is 1. The van der Waals surface area contributed by atoms with Crippen molar-refractivity contribution in [2.75, 3.05) is 18.4 Å². The van der Waals surface area contributed by atoms with Crippen LogP contribution < -0.4 is 10.6 Å². The van der Waals surface area contributed by atoms with Gasteiger partial charge in [0.15, 0.2) is 0 Å². The predicted molar refractivity (Wildman–Crippen MR) is 76.5 cm³/mol. The summed E-state index contributed by atoms with van der Waals surface area (Å²) in [6.45, 7) is 7.17. The normalized spacial score (nSPS) is 17.5. The lowest BCUT2D eigenvalue weighted by Crippen LogP contribution is -2.33. The number of nitrogens with one attached hydrogen (secondary N) is 2. The number of fused-ring (bicyclic) bond motifs is 1. The molecule has 0 bridgehead atoms. The number of benzene rings is 1. The Morgan fingerprint density at radius 2 is 2.16 bits per heavy atom. The maximum atomic E-state index is 11.5. The largest absolute Gasteiger partial charge is 0.444 e. The first-order valence-corrected chi connectivity index (χ1v) is 6.75. The topological polar surface area (TPSA) is 50.4 Å². The Morgan fingerprint density at radius 1 is 1.42 bits per heavy atom. The maximum Gasteiger partial charge on any atom is 0.407 e. The van der Waals surface area contributed by atoms with Crippen LogP contribution in [-0.2, 0) is 4.74 Å². The van der Waals surface area contributed by atoms with Gasteiger partial charge in [0, 0.05) is 24.7 Å². The number of amides is 1. The van der Waals surface area contributed by atoms with E-state index in [1.807, 2.05) is 26.8 Å². The summed E-state index contributed by atoms with van der Waals surface area (Å²) in [7, 11) is 0. The Bertz CT molecular complexity index is 452. The number of alkyl carbamates (subject to hydrolysis) is 1. The zero-order valence-corrected chi connectivity index (χ0v) is 11.8. The van der Waals surface area contributed by atoms with E-state index >= 15 is 0 Å². The van der Waals surface area contributed by atoms with Gasteiger partial charge in [-0.1, -0.05) is 18.2 Å². The van der Waals surface area contributed by atoms with Crippen molar-refractivity contribution in [3.05, 3.63) is 29.8 Å². The molecule has 19 heavy (non-hydrogen) atoms. The van der Waals surface area contributed by atoms with E-state index in [-0.39, 0.29) is 6.09 Å². The molecule has 1 atom stereocenters. The quantitative estimate of drug-likeness (QED) is 0.880. The Hall–Kier alpha value is -1.71. The summed E-state index contributed by atoms with van der Waals surface area (Å²) in [5.74, 6) is 0.464. The van der Waals surface area contributed by atoms with Crippen LogP contribution in [0.15, 0.2) is 24.3 Å². The van der Waals surface area contributed by atoms with Gasteiger partial charge in [0.1, 0.15) is 5.60 Å². The highest BCUT2D eigenvalue weighted by molar-refractivity contribution is 5.67. The molecule has 104 valence electrons. The Balaban J connectivity index is 1.77. The SMILES string of the molecule is CC(C)(C)OC(=O)NCCC1CNc2ccccc21. The summed E-state index contributed by atoms with van der Waals surface area (Å²) in [5, 5.41) is 6.19. The Morgan fingerprint density at radius 3 is 2.89 bits per heavy atom. The number of para-hydroxylation sites is 1. The van der Waals surface area contributed by atoms with Gasteiger partial charge in [-0.25, -0.2) is 4.79 Å². The third kappa shape index (κ3) is 3.88. The van der Waals surface area contributed by atoms with Gasteiger partial charge < -0.3 is 15.4 Å². The van der Waals surface area contributed by atoms with Gasteiger partial charge in [-0.2, -0.15) is 0 Å². The van der Waals surface area contributed by atoms with Crippen LogP contribution in [0.3, 0.4) is 0 Å². The zero-order valence-electron chi connectivity index (χ0n) is 11.8. The molecular formula is C15H22N2O2. The van der Waals surface area contributed by atoms with E-state index in [2.05, 4.69) is 28.8 Å². The van der Waals surface area contributed by atoms with E-state index in [0.717, 1.165) is 13.0 Å². The first-order valence-electron chi connectivity index (χ1n) is 6.75. The average Bonchev–Trinajstić information content (AvgIpc) is 2.70. The number of rotatable bonds is 3. The minimum absolute atomic E-state index is 0.341. The summed E-state index contributed by atoms with van der Waals surface area (Å²) >= 11 is 0. The highest BCUT2D eigenvalue weighted by Crippen LogP contribution is 2.32. The molecule has 0 aromatic heterocycles. The van der Waals surface area contributed by atoms with Gasteiger partial charge in [-0.05, 0) is 38.8 Å². The highest BCUT2D eigenvalue weighted by atomic mass is 16.6. The van der Waals surface area contributed by atoms with E-state index < -0.39 is 5.60 Å². The van der Waals surface area contributed by atoms with E-state index in [9.17, 15) is 4.79 Å². The summed E-state index contributed by atoms with van der Waals surface area (Å²) in [5.41, 5.74) is 2.12. The fourth-order valence-electron chi connectivity index (χ4n) is 2.28. The molecule has 2 N–H and O–H groups in total. The van der Waals surface area contributed by atoms with Gasteiger partial charge in [-0.3, -0.25) is 0 Å². The van der Waals surface area contributed by atoms with Crippen LogP contribution in [0.2, 0.25) is 0 Å². The molecule has 0 radical (unpaired) electrons. The van der Waals surface area contributed by atoms with Crippen LogP contribution in [0, 0.1) is 0 Å². The molecular weight excluding hydrogens is 240 g/mol. The number of carbonyl (C=O) groups is 1. The molecule has 2 rings (SSSR count). The molecule has 0 saturated carbocycles. The fraction of sp³-hybridized carbons (Fsp3) is 0.533. The number of ether oxygens (including phenoxy) is 1. The maximum absolute atomic E-state index is 11.5. The van der Waals surface area contributed by atoms with Crippen LogP contribution in [-0.4, -0.2) is 24.8 Å². The molecule has 1 amide bonds. The molecule has 1 heterocycles. The highest BCUT2D eigenvalue weighted by Gasteiger charge is 2.21. The zero-order chi connectivity index (χ0) is 13.9. The third-order valence-corrected chi connectivity index (χ3v) is 3.10. The molecule has 1 aromatic carbocycles. The Kier molecular flexibility index (Phi) is 3.98. The van der Waals surface area contributed by atoms with Crippen molar-refractivity contribution >= 4 is 11.8 Å². The number of anilines is 1. The van der Waals surface area contributed by atoms with Crippen molar-refractivity contribution in [2.24, 2.45) is 0 Å². The lowest BCUT2D eigenvalue weighted by atomic mass is 9.98. The second-order valence-corrected chi connectivity index (χ2v) is 5.88. The average molecular weight is 262 g/mol. The Labute approximate surface area is 114 Å². The smallest absolute Gasteiger partial charge is 0.407 e. The summed E-state index contributed by atoms with van der Waals surface area (Å²) in [6.07, 6.45) is 0.579. The summed E-state index contributed by atoms with van der Waals surface area (Å²) < 4.78 is 5.21. The van der Waals surface area contributed by atoms with Crippen molar-refractivity contribution in [2.45, 2.75) is 38.7 Å². The van der Waals surface area contributed by atoms with Crippen LogP contribution >= 0.6 is 0 Å². The molecule has 1 unspecified atom stereocenters. The van der Waals surface area contributed by atoms with Gasteiger partial charge in [0.2, 0.25) is 0 Å². The standard InChI is InChI=1S/C15H22N2O2/c1-15(2,3)19-14(18)16-9-8-11-10-17-13-7-5-4-6-12(11)13/h4-7,11,17H,8-10H2,1-3H3,(H,16,18). The second-order valence-electron chi connectivity index (χ2n) is 5.88. The van der Waals surface area contributed by atoms with E-state index in [1.54, 1.807) is 0 Å². The lowest BCUT2D eigenvalue weighted by Gasteiger charge is -2.20. The van der Waals surface area contributed by atoms with Crippen molar-refractivity contribution in [1.82, 2.24) is 5.32 Å². The molecule has 4 heteroatoms. The van der Waals surface area contributed by atoms with Crippen LogP contribution in [0.1, 0.15) is 38.7 Å². The molecule has 0 aliphatic carbocycles. The van der Waals surface area contributed by atoms with Crippen molar-refractivity contribution < 1.29 is 9.53 Å². The molecule has 1 aliphatic rings. The fourth-order valence-corrected chi connectivity index (χ4v) is 2.28. The predicted octanol–water partition coefficient (Wildman–Crippen LogP) is 3.11. The van der Waals surface area contributed by atoms with Gasteiger partial charge >= 0.3 is 6.09 Å². The lowest BCUT2D eigenvalue weighted by molar-refractivity contribution is 0.0526. The van der Waals surface area contributed by atoms with Crippen LogP contribution in [0.25, 0.3) is 0 Å². The van der Waals surface area contributed by atoms with Crippen molar-refractivity contribution in [1.29, 1.82) is 0 Å². The molecule has 0 saturated heterocycles. The van der Waals surface area contributed by atoms with E-state index in [4.69, 9.17) is 4.74 Å². The monoisotopic (exact) mass is 262 g/mol. The van der Waals surface area contributed by atoms with Crippen molar-refractivity contribution in [3.63, 3.8) is 0 Å².